The molecule has 2 aromatic heterocycles. The number of nitrogens with zero attached hydrogens (tertiary/aromatic N) is 6. The van der Waals surface area contributed by atoms with Crippen LogP contribution in [0.3, 0.4) is 0 Å². The van der Waals surface area contributed by atoms with Gasteiger partial charge in [-0.15, -0.1) is 0 Å². The van der Waals surface area contributed by atoms with Gasteiger partial charge >= 0.3 is 12.1 Å². The third-order valence-corrected chi connectivity index (χ3v) is 3.53. The Morgan fingerprint density at radius 2 is 1.97 bits per heavy atom. The zero-order chi connectivity index (χ0) is 20.8. The Morgan fingerprint density at radius 3 is 2.66 bits per heavy atom. The molecule has 0 aliphatic rings. The van der Waals surface area contributed by atoms with E-state index in [1.54, 1.807) is 0 Å². The smallest absolute Gasteiger partial charge is 0.436 e. The molecule has 0 saturated carbocycles. The van der Waals surface area contributed by atoms with E-state index in [1.807, 2.05) is 6.92 Å². The minimum Gasteiger partial charge on any atom is -0.476 e. The Labute approximate surface area is 164 Å². The number of imidazole rings is 1. The number of hydrogen-bond acceptors (Lipinski definition) is 10. The molecule has 12 nitrogen and oxygen atoms in total. The fourth-order valence-corrected chi connectivity index (χ4v) is 2.17. The maximum absolute atomic E-state index is 12.1. The standard InChI is InChI=1S/C17H17N7O5/c1-4-28-14-12-13(19-9-18-12)20-16(21-14)22-23-24(2)17(26)29-11-7-5-10(6-8-11)15(25)27-3/h5-9H,4H2,1-3H3,(H,18,19,20,21)/b23-22+. The molecule has 0 aliphatic carbocycles. The fourth-order valence-electron chi connectivity index (χ4n) is 2.17. The number of ether oxygens (including phenoxy) is 3. The van der Waals surface area contributed by atoms with E-state index in [2.05, 4.69) is 35.0 Å². The van der Waals surface area contributed by atoms with E-state index in [0.717, 1.165) is 5.01 Å². The normalized spacial score (nSPS) is 10.9. The van der Waals surface area contributed by atoms with Crippen LogP contribution in [0, 0.1) is 0 Å². The molecule has 1 amide bonds. The number of carbonyl (C=O) groups is 2. The molecule has 150 valence electrons. The maximum atomic E-state index is 12.1. The molecule has 3 rings (SSSR count). The zero-order valence-electron chi connectivity index (χ0n) is 15.8. The Bertz CT molecular complexity index is 1050. The molecule has 1 aromatic carbocycles. The number of benzene rings is 1. The third-order valence-electron chi connectivity index (χ3n) is 3.53. The van der Waals surface area contributed by atoms with Crippen LogP contribution in [0.1, 0.15) is 17.3 Å². The van der Waals surface area contributed by atoms with Crippen molar-refractivity contribution >= 4 is 29.2 Å². The van der Waals surface area contributed by atoms with Gasteiger partial charge in [-0.2, -0.15) is 15.0 Å². The highest BCUT2D eigenvalue weighted by Crippen LogP contribution is 2.22. The van der Waals surface area contributed by atoms with Gasteiger partial charge in [-0.1, -0.05) is 10.3 Å². The number of hydrogen-bond donors (Lipinski definition) is 1. The molecule has 0 atom stereocenters. The van der Waals surface area contributed by atoms with Gasteiger partial charge in [-0.3, -0.25) is 0 Å². The van der Waals surface area contributed by atoms with E-state index in [-0.39, 0.29) is 17.6 Å². The molecule has 0 aliphatic heterocycles. The second-order valence-electron chi connectivity index (χ2n) is 5.46. The predicted octanol–water partition coefficient (Wildman–Crippen LogP) is 2.67. The lowest BCUT2D eigenvalue weighted by Gasteiger charge is -2.10. The van der Waals surface area contributed by atoms with E-state index >= 15 is 0 Å². The average molecular weight is 399 g/mol. The Kier molecular flexibility index (Phi) is 5.92. The van der Waals surface area contributed by atoms with E-state index in [1.165, 1.54) is 44.8 Å². The molecular formula is C17H17N7O5. The number of aromatic nitrogens is 4. The van der Waals surface area contributed by atoms with Gasteiger partial charge in [0.25, 0.3) is 5.95 Å². The van der Waals surface area contributed by atoms with Crippen molar-refractivity contribution in [1.82, 2.24) is 24.9 Å². The molecule has 0 unspecified atom stereocenters. The molecular weight excluding hydrogens is 382 g/mol. The number of H-pyrrole nitrogens is 1. The van der Waals surface area contributed by atoms with Crippen LogP contribution in [0.4, 0.5) is 10.7 Å². The lowest BCUT2D eigenvalue weighted by molar-refractivity contribution is 0.0600. The van der Waals surface area contributed by atoms with Gasteiger partial charge in [0.15, 0.2) is 5.65 Å². The first kappa shape index (κ1) is 19.7. The van der Waals surface area contributed by atoms with E-state index in [9.17, 15) is 9.59 Å². The minimum absolute atomic E-state index is 0.0323. The van der Waals surface area contributed by atoms with Crippen LogP contribution >= 0.6 is 0 Å². The molecule has 3 aromatic rings. The quantitative estimate of drug-likeness (QED) is 0.378. The number of rotatable bonds is 6. The highest BCUT2D eigenvalue weighted by atomic mass is 16.6. The SMILES string of the molecule is CCOc1nc(/N=N/N(C)C(=O)Oc2ccc(C(=O)OC)cc2)nc2nc[nH]c12. The first-order valence-electron chi connectivity index (χ1n) is 8.41. The zero-order valence-corrected chi connectivity index (χ0v) is 15.8. The van der Waals surface area contributed by atoms with Crippen molar-refractivity contribution in [3.05, 3.63) is 36.2 Å². The molecule has 0 radical (unpaired) electrons. The van der Waals surface area contributed by atoms with Crippen molar-refractivity contribution in [2.24, 2.45) is 10.3 Å². The van der Waals surface area contributed by atoms with Gasteiger partial charge < -0.3 is 19.2 Å². The number of methoxy groups -OCH3 is 1. The van der Waals surface area contributed by atoms with Crippen molar-refractivity contribution in [3.63, 3.8) is 0 Å². The van der Waals surface area contributed by atoms with Crippen LogP contribution in [-0.4, -0.2) is 57.8 Å². The maximum Gasteiger partial charge on any atom is 0.436 e. The molecule has 0 saturated heterocycles. The van der Waals surface area contributed by atoms with Crippen molar-refractivity contribution in [1.29, 1.82) is 0 Å². The summed E-state index contributed by atoms with van der Waals surface area (Å²) in [5.74, 6) is -0.0263. The fraction of sp³-hybridized carbons (Fsp3) is 0.235. The predicted molar refractivity (Wildman–Crippen MR) is 98.9 cm³/mol. The number of fused-ring (bicyclic) bond motifs is 1. The van der Waals surface area contributed by atoms with E-state index in [0.29, 0.717) is 23.3 Å². The van der Waals surface area contributed by atoms with Crippen molar-refractivity contribution in [2.45, 2.75) is 6.92 Å². The first-order chi connectivity index (χ1) is 14.0. The second kappa shape index (κ2) is 8.73. The highest BCUT2D eigenvalue weighted by Gasteiger charge is 2.14. The number of esters is 1. The second-order valence-corrected chi connectivity index (χ2v) is 5.46. The Hall–Kier alpha value is -4.09. The van der Waals surface area contributed by atoms with E-state index < -0.39 is 12.1 Å². The summed E-state index contributed by atoms with van der Waals surface area (Å²) < 4.78 is 15.2. The van der Waals surface area contributed by atoms with E-state index in [4.69, 9.17) is 9.47 Å². The summed E-state index contributed by atoms with van der Waals surface area (Å²) in [4.78, 5) is 38.7. The van der Waals surface area contributed by atoms with Crippen molar-refractivity contribution in [3.8, 4) is 11.6 Å². The molecule has 29 heavy (non-hydrogen) atoms. The van der Waals surface area contributed by atoms with Gasteiger partial charge in [0.2, 0.25) is 5.88 Å². The summed E-state index contributed by atoms with van der Waals surface area (Å²) in [5, 5.41) is 8.42. The summed E-state index contributed by atoms with van der Waals surface area (Å²) in [5.41, 5.74) is 1.22. The van der Waals surface area contributed by atoms with Crippen molar-refractivity contribution < 1.29 is 23.8 Å². The summed E-state index contributed by atoms with van der Waals surface area (Å²) in [6, 6.07) is 5.85. The molecule has 12 heteroatoms. The third kappa shape index (κ3) is 4.61. The van der Waals surface area contributed by atoms with Crippen LogP contribution < -0.4 is 9.47 Å². The number of aromatic amines is 1. The van der Waals surface area contributed by atoms with Crippen LogP contribution in [0.25, 0.3) is 11.2 Å². The summed E-state index contributed by atoms with van der Waals surface area (Å²) in [6.07, 6.45) is 0.656. The first-order valence-corrected chi connectivity index (χ1v) is 8.41. The average Bonchev–Trinajstić information content (AvgIpc) is 3.21. The molecule has 0 bridgehead atoms. The summed E-state index contributed by atoms with van der Waals surface area (Å²) >= 11 is 0. The van der Waals surface area contributed by atoms with Gasteiger partial charge in [0, 0.05) is 7.05 Å². The summed E-state index contributed by atoms with van der Waals surface area (Å²) in [6.45, 7) is 2.20. The van der Waals surface area contributed by atoms with Gasteiger partial charge in [0.1, 0.15) is 11.3 Å². The largest absolute Gasteiger partial charge is 0.476 e. The van der Waals surface area contributed by atoms with Crippen molar-refractivity contribution in [2.75, 3.05) is 20.8 Å². The van der Waals surface area contributed by atoms with Crippen LogP contribution in [0.15, 0.2) is 40.9 Å². The van der Waals surface area contributed by atoms with Crippen LogP contribution in [0.2, 0.25) is 0 Å². The lowest BCUT2D eigenvalue weighted by Crippen LogP contribution is -2.24. The minimum atomic E-state index is -0.801. The molecule has 0 fully saturated rings. The number of amides is 1. The highest BCUT2D eigenvalue weighted by molar-refractivity contribution is 5.89. The molecule has 1 N–H and O–H groups in total. The Balaban J connectivity index is 1.68. The number of nitrogens with one attached hydrogen (secondary N) is 1. The number of carbonyl (C=O) groups excluding carboxylic acids is 2. The van der Waals surface area contributed by atoms with Gasteiger partial charge in [0.05, 0.1) is 25.6 Å². The Morgan fingerprint density at radius 1 is 1.21 bits per heavy atom. The van der Waals surface area contributed by atoms with Gasteiger partial charge in [-0.05, 0) is 31.2 Å². The van der Waals surface area contributed by atoms with Crippen LogP contribution in [-0.2, 0) is 4.74 Å². The van der Waals surface area contributed by atoms with Crippen LogP contribution in [0.5, 0.6) is 11.6 Å². The topological polar surface area (TPSA) is 144 Å². The molecule has 2 heterocycles. The summed E-state index contributed by atoms with van der Waals surface area (Å²) in [7, 11) is 2.63. The monoisotopic (exact) mass is 399 g/mol. The lowest BCUT2D eigenvalue weighted by atomic mass is 10.2. The van der Waals surface area contributed by atoms with Gasteiger partial charge in [-0.25, -0.2) is 14.6 Å². The molecule has 0 spiro atoms.